The Bertz CT molecular complexity index is 312. The van der Waals surface area contributed by atoms with Gasteiger partial charge in [0.2, 0.25) is 0 Å². The van der Waals surface area contributed by atoms with Crippen molar-refractivity contribution < 1.29 is 5.11 Å². The quantitative estimate of drug-likeness (QED) is 0.815. The van der Waals surface area contributed by atoms with Crippen LogP contribution in [0.1, 0.15) is 32.6 Å². The molecule has 1 aliphatic carbocycles. The Morgan fingerprint density at radius 2 is 2.00 bits per heavy atom. The molecular weight excluding hydrogens is 251 g/mol. The van der Waals surface area contributed by atoms with E-state index in [1.807, 2.05) is 0 Å². The van der Waals surface area contributed by atoms with Crippen LogP contribution in [0.5, 0.6) is 0 Å². The van der Waals surface area contributed by atoms with E-state index in [2.05, 4.69) is 37.3 Å². The molecule has 0 amide bonds. The van der Waals surface area contributed by atoms with Crippen LogP contribution in [-0.2, 0) is 0 Å². The topological polar surface area (TPSA) is 20.2 Å². The van der Waals surface area contributed by atoms with Gasteiger partial charge in [-0.2, -0.15) is 0 Å². The van der Waals surface area contributed by atoms with Crippen LogP contribution in [0.4, 0.5) is 0 Å². The predicted octanol–water partition coefficient (Wildman–Crippen LogP) is 2.13. The molecule has 0 radical (unpaired) electrons. The molecule has 1 aromatic carbocycles. The van der Waals surface area contributed by atoms with Gasteiger partial charge >= 0.3 is 97.9 Å². The molecule has 1 N–H and O–H groups in total. The molecule has 0 spiro atoms. The minimum atomic E-state index is -0.0912. The van der Waals surface area contributed by atoms with Gasteiger partial charge in [-0.25, -0.2) is 0 Å². The van der Waals surface area contributed by atoms with Crippen LogP contribution < -0.4 is 4.46 Å². The third-order valence-corrected chi connectivity index (χ3v) is 6.24. The molecule has 0 unspecified atom stereocenters. The van der Waals surface area contributed by atoms with E-state index in [1.54, 1.807) is 0 Å². The molecule has 2 heteroatoms. The van der Waals surface area contributed by atoms with Gasteiger partial charge in [0.1, 0.15) is 0 Å². The monoisotopic (exact) mass is 270 g/mol. The fraction of sp³-hybridized carbons (Fsp3) is 0.538. The Labute approximate surface area is 98.1 Å². The number of rotatable bonds is 2. The molecule has 15 heavy (non-hydrogen) atoms. The molecule has 82 valence electrons. The van der Waals surface area contributed by atoms with Crippen LogP contribution in [0.25, 0.3) is 0 Å². The van der Waals surface area contributed by atoms with Crippen molar-refractivity contribution in [3.05, 3.63) is 30.3 Å². The van der Waals surface area contributed by atoms with E-state index in [-0.39, 0.29) is 10.4 Å². The van der Waals surface area contributed by atoms with Crippen molar-refractivity contribution in [2.75, 3.05) is 0 Å². The average Bonchev–Trinajstić information content (AvgIpc) is 2.24. The molecule has 1 aliphatic rings. The van der Waals surface area contributed by atoms with Gasteiger partial charge in [0.05, 0.1) is 0 Å². The van der Waals surface area contributed by atoms with Crippen molar-refractivity contribution in [3.8, 4) is 0 Å². The maximum absolute atomic E-state index is 10.1. The summed E-state index contributed by atoms with van der Waals surface area (Å²) < 4.78 is 1.57. The third kappa shape index (κ3) is 2.63. The van der Waals surface area contributed by atoms with E-state index in [1.165, 1.54) is 23.7 Å². The van der Waals surface area contributed by atoms with Crippen LogP contribution in [0, 0.1) is 0 Å². The Hall–Kier alpha value is -0.301. The zero-order valence-electron chi connectivity index (χ0n) is 9.15. The zero-order chi connectivity index (χ0) is 10.7. The summed E-state index contributed by atoms with van der Waals surface area (Å²) in [6.07, 6.45) is 4.56. The van der Waals surface area contributed by atoms with Crippen molar-refractivity contribution in [3.63, 3.8) is 0 Å². The first-order valence-electron chi connectivity index (χ1n) is 5.63. The Balaban J connectivity index is 2.09. The first-order chi connectivity index (χ1) is 7.21. The van der Waals surface area contributed by atoms with E-state index in [9.17, 15) is 5.11 Å². The molecule has 1 aromatic rings. The average molecular weight is 269 g/mol. The SMILES string of the molecule is C[C@]1([Se]c2ccccc2)CCCC[C@@H]1O. The Morgan fingerprint density at radius 1 is 1.27 bits per heavy atom. The number of aliphatic hydroxyl groups is 1. The summed E-state index contributed by atoms with van der Waals surface area (Å²) in [7, 11) is 0. The van der Waals surface area contributed by atoms with Gasteiger partial charge in [0.15, 0.2) is 0 Å². The van der Waals surface area contributed by atoms with E-state index < -0.39 is 0 Å². The predicted molar refractivity (Wildman–Crippen MR) is 64.7 cm³/mol. The van der Waals surface area contributed by atoms with Gasteiger partial charge in [0, 0.05) is 0 Å². The normalized spacial score (nSPS) is 31.5. The van der Waals surface area contributed by atoms with E-state index in [0.717, 1.165) is 6.42 Å². The molecule has 0 aliphatic heterocycles. The molecular formula is C13H18OSe. The molecule has 0 bridgehead atoms. The molecule has 0 aromatic heterocycles. The molecule has 1 saturated carbocycles. The first-order valence-corrected chi connectivity index (χ1v) is 7.34. The maximum atomic E-state index is 10.1. The summed E-state index contributed by atoms with van der Waals surface area (Å²) in [5, 5.41) is 10.1. The minimum absolute atomic E-state index is 0.0912. The third-order valence-electron chi connectivity index (χ3n) is 3.20. The van der Waals surface area contributed by atoms with Crippen LogP contribution in [-0.4, -0.2) is 26.2 Å². The molecule has 1 nitrogen and oxygen atoms in total. The van der Waals surface area contributed by atoms with Crippen molar-refractivity contribution in [1.82, 2.24) is 0 Å². The fourth-order valence-corrected chi connectivity index (χ4v) is 4.96. The second-order valence-corrected chi connectivity index (χ2v) is 7.86. The molecule has 2 atom stereocenters. The summed E-state index contributed by atoms with van der Waals surface area (Å²) in [4.78, 5) is 0. The number of benzene rings is 1. The van der Waals surface area contributed by atoms with Gasteiger partial charge in [0.25, 0.3) is 0 Å². The summed E-state index contributed by atoms with van der Waals surface area (Å²) in [6.45, 7) is 2.25. The van der Waals surface area contributed by atoms with Crippen molar-refractivity contribution in [1.29, 1.82) is 0 Å². The summed E-state index contributed by atoms with van der Waals surface area (Å²) in [5.41, 5.74) is 0. The fourth-order valence-electron chi connectivity index (χ4n) is 2.16. The van der Waals surface area contributed by atoms with Crippen molar-refractivity contribution >= 4 is 19.4 Å². The zero-order valence-corrected chi connectivity index (χ0v) is 10.9. The van der Waals surface area contributed by atoms with Gasteiger partial charge in [-0.3, -0.25) is 0 Å². The number of hydrogen-bond donors (Lipinski definition) is 1. The number of hydrogen-bond acceptors (Lipinski definition) is 1. The van der Waals surface area contributed by atoms with Crippen LogP contribution in [0.15, 0.2) is 30.3 Å². The van der Waals surface area contributed by atoms with Gasteiger partial charge < -0.3 is 0 Å². The van der Waals surface area contributed by atoms with E-state index in [4.69, 9.17) is 0 Å². The van der Waals surface area contributed by atoms with Gasteiger partial charge in [-0.1, -0.05) is 0 Å². The second kappa shape index (κ2) is 4.69. The molecule has 0 saturated heterocycles. The van der Waals surface area contributed by atoms with E-state index in [0.29, 0.717) is 15.0 Å². The van der Waals surface area contributed by atoms with Crippen LogP contribution in [0.2, 0.25) is 4.31 Å². The van der Waals surface area contributed by atoms with Crippen molar-refractivity contribution in [2.45, 2.75) is 43.0 Å². The van der Waals surface area contributed by atoms with Gasteiger partial charge in [-0.15, -0.1) is 0 Å². The standard InChI is InChI=1S/C13H18OSe/c1-13(10-6-5-9-12(13)14)15-11-7-3-2-4-8-11/h2-4,7-8,12,14H,5-6,9-10H2,1H3/t12-,13-/m0/s1. The Kier molecular flexibility index (Phi) is 3.50. The second-order valence-electron chi connectivity index (χ2n) is 4.49. The Morgan fingerprint density at radius 3 is 2.67 bits per heavy atom. The van der Waals surface area contributed by atoms with Crippen molar-refractivity contribution in [2.24, 2.45) is 0 Å². The van der Waals surface area contributed by atoms with Gasteiger partial charge in [-0.05, 0) is 0 Å². The van der Waals surface area contributed by atoms with Crippen LogP contribution >= 0.6 is 0 Å². The molecule has 2 rings (SSSR count). The molecule has 0 heterocycles. The number of aliphatic hydroxyl groups excluding tert-OH is 1. The summed E-state index contributed by atoms with van der Waals surface area (Å²) >= 11 is 0.397. The first kappa shape index (κ1) is 11.2. The summed E-state index contributed by atoms with van der Waals surface area (Å²) in [5.74, 6) is 0. The molecule has 1 fully saturated rings. The summed E-state index contributed by atoms with van der Waals surface area (Å²) in [6, 6.07) is 10.6. The van der Waals surface area contributed by atoms with Crippen LogP contribution in [0.3, 0.4) is 0 Å². The van der Waals surface area contributed by atoms with E-state index >= 15 is 0 Å².